The molecule has 0 aliphatic carbocycles. The van der Waals surface area contributed by atoms with E-state index in [1.54, 1.807) is 0 Å². The smallest absolute Gasteiger partial charge is 0.356 e. The van der Waals surface area contributed by atoms with Crippen LogP contribution in [0.2, 0.25) is 0 Å². The molecule has 0 aromatic carbocycles. The molecule has 16 heavy (non-hydrogen) atoms. The first-order chi connectivity index (χ1) is 7.75. The molecule has 1 aliphatic heterocycles. The summed E-state index contributed by atoms with van der Waals surface area (Å²) in [5.41, 5.74) is -0.121. The quantitative estimate of drug-likeness (QED) is 0.812. The summed E-state index contributed by atoms with van der Waals surface area (Å²) in [5.74, 6) is -0.898. The van der Waals surface area contributed by atoms with Crippen LogP contribution < -0.4 is 4.74 Å². The van der Waals surface area contributed by atoms with Crippen molar-refractivity contribution in [3.63, 3.8) is 0 Å². The van der Waals surface area contributed by atoms with Gasteiger partial charge in [-0.2, -0.15) is 0 Å². The van der Waals surface area contributed by atoms with E-state index < -0.39 is 5.97 Å². The third-order valence-corrected chi connectivity index (χ3v) is 2.27. The van der Waals surface area contributed by atoms with Crippen LogP contribution in [0.5, 0.6) is 5.88 Å². The van der Waals surface area contributed by atoms with E-state index in [1.165, 1.54) is 12.4 Å². The third kappa shape index (κ3) is 2.66. The van der Waals surface area contributed by atoms with Gasteiger partial charge in [-0.25, -0.2) is 9.78 Å². The van der Waals surface area contributed by atoms with Crippen LogP contribution in [0.3, 0.4) is 0 Å². The van der Waals surface area contributed by atoms with Gasteiger partial charge in [-0.15, -0.1) is 0 Å². The maximum Gasteiger partial charge on any atom is 0.356 e. The summed E-state index contributed by atoms with van der Waals surface area (Å²) in [6.07, 6.45) is 4.65. The fourth-order valence-electron chi connectivity index (χ4n) is 1.47. The summed E-state index contributed by atoms with van der Waals surface area (Å²) < 4.78 is 10.7. The second kappa shape index (κ2) is 4.89. The molecule has 1 aliphatic rings. The van der Waals surface area contributed by atoms with Crippen molar-refractivity contribution in [3.05, 3.63) is 18.1 Å². The molecule has 0 saturated carbocycles. The van der Waals surface area contributed by atoms with E-state index in [9.17, 15) is 4.79 Å². The number of ether oxygens (including phenoxy) is 2. The molecule has 2 rings (SSSR count). The van der Waals surface area contributed by atoms with Crippen molar-refractivity contribution in [2.24, 2.45) is 0 Å². The Hall–Kier alpha value is -1.69. The van der Waals surface area contributed by atoms with Gasteiger partial charge in [0.05, 0.1) is 18.5 Å². The Kier molecular flexibility index (Phi) is 3.31. The molecule has 0 radical (unpaired) electrons. The number of rotatable bonds is 4. The Morgan fingerprint density at radius 3 is 3.19 bits per heavy atom. The maximum absolute atomic E-state index is 10.6. The van der Waals surface area contributed by atoms with Gasteiger partial charge in [0.1, 0.15) is 6.61 Å². The lowest BCUT2D eigenvalue weighted by molar-refractivity contribution is 0.0647. The van der Waals surface area contributed by atoms with Gasteiger partial charge in [-0.1, -0.05) is 0 Å². The predicted molar refractivity (Wildman–Crippen MR) is 53.5 cm³/mol. The lowest BCUT2D eigenvalue weighted by atomic mass is 10.2. The van der Waals surface area contributed by atoms with Gasteiger partial charge in [0.15, 0.2) is 5.69 Å². The fourth-order valence-corrected chi connectivity index (χ4v) is 1.47. The average molecular weight is 224 g/mol. The lowest BCUT2D eigenvalue weighted by Gasteiger charge is -2.10. The molecule has 1 N–H and O–H groups in total. The summed E-state index contributed by atoms with van der Waals surface area (Å²) in [5, 5.41) is 8.71. The van der Waals surface area contributed by atoms with E-state index in [1.807, 2.05) is 0 Å². The number of carboxylic acid groups (broad SMARTS) is 1. The number of aromatic carboxylic acids is 1. The Labute approximate surface area is 92.2 Å². The highest BCUT2D eigenvalue weighted by molar-refractivity contribution is 5.84. The van der Waals surface area contributed by atoms with Gasteiger partial charge in [-0.3, -0.25) is 4.98 Å². The molecule has 6 heteroatoms. The molecule has 6 nitrogen and oxygen atoms in total. The molecule has 1 aromatic heterocycles. The Morgan fingerprint density at radius 1 is 1.62 bits per heavy atom. The third-order valence-electron chi connectivity index (χ3n) is 2.27. The topological polar surface area (TPSA) is 81.5 Å². The van der Waals surface area contributed by atoms with Gasteiger partial charge in [0.25, 0.3) is 0 Å². The van der Waals surface area contributed by atoms with Crippen molar-refractivity contribution in [2.75, 3.05) is 13.2 Å². The van der Waals surface area contributed by atoms with Crippen LogP contribution in [0, 0.1) is 0 Å². The Bertz CT molecular complexity index is 377. The highest BCUT2D eigenvalue weighted by Gasteiger charge is 2.16. The average Bonchev–Trinajstić information content (AvgIpc) is 2.79. The summed E-state index contributed by atoms with van der Waals surface area (Å²) in [6, 6.07) is 0. The zero-order valence-electron chi connectivity index (χ0n) is 8.63. The minimum absolute atomic E-state index is 0.0790. The van der Waals surface area contributed by atoms with E-state index >= 15 is 0 Å². The van der Waals surface area contributed by atoms with E-state index in [0.29, 0.717) is 6.61 Å². The normalized spacial score (nSPS) is 19.6. The number of aromatic nitrogens is 2. The van der Waals surface area contributed by atoms with Crippen LogP contribution >= 0.6 is 0 Å². The largest absolute Gasteiger partial charge is 0.476 e. The first-order valence-electron chi connectivity index (χ1n) is 5.05. The van der Waals surface area contributed by atoms with Crippen LogP contribution in [-0.4, -0.2) is 40.4 Å². The van der Waals surface area contributed by atoms with Gasteiger partial charge in [0.2, 0.25) is 5.88 Å². The molecule has 86 valence electrons. The molecule has 0 amide bonds. The van der Waals surface area contributed by atoms with Gasteiger partial charge in [0, 0.05) is 6.61 Å². The van der Waals surface area contributed by atoms with Crippen molar-refractivity contribution in [1.82, 2.24) is 9.97 Å². The summed E-state index contributed by atoms with van der Waals surface area (Å²) in [6.45, 7) is 1.15. The number of carboxylic acids is 1. The van der Waals surface area contributed by atoms with Crippen molar-refractivity contribution in [1.29, 1.82) is 0 Å². The first kappa shape index (κ1) is 10.8. The van der Waals surface area contributed by atoms with E-state index in [4.69, 9.17) is 14.6 Å². The van der Waals surface area contributed by atoms with Crippen LogP contribution in [0.4, 0.5) is 0 Å². The van der Waals surface area contributed by atoms with Gasteiger partial charge < -0.3 is 14.6 Å². The van der Waals surface area contributed by atoms with Gasteiger partial charge in [-0.05, 0) is 12.8 Å². The maximum atomic E-state index is 10.6. The van der Waals surface area contributed by atoms with Crippen LogP contribution in [0.25, 0.3) is 0 Å². The molecular formula is C10H12N2O4. The molecule has 0 bridgehead atoms. The number of hydrogen-bond acceptors (Lipinski definition) is 5. The van der Waals surface area contributed by atoms with E-state index in [2.05, 4.69) is 9.97 Å². The Balaban J connectivity index is 1.93. The Morgan fingerprint density at radius 2 is 2.50 bits per heavy atom. The van der Waals surface area contributed by atoms with Crippen LogP contribution in [-0.2, 0) is 4.74 Å². The number of carbonyl (C=O) groups is 1. The van der Waals surface area contributed by atoms with Crippen molar-refractivity contribution in [3.8, 4) is 5.88 Å². The SMILES string of the molecule is O=C(O)c1cncc(OCC2CCCO2)n1. The minimum Gasteiger partial charge on any atom is -0.476 e. The predicted octanol–water partition coefficient (Wildman–Crippen LogP) is 0.733. The van der Waals surface area contributed by atoms with E-state index in [0.717, 1.165) is 19.4 Å². The highest BCUT2D eigenvalue weighted by Crippen LogP contribution is 2.13. The van der Waals surface area contributed by atoms with E-state index in [-0.39, 0.29) is 17.7 Å². The summed E-state index contributed by atoms with van der Waals surface area (Å²) in [7, 11) is 0. The van der Waals surface area contributed by atoms with Crippen LogP contribution in [0.1, 0.15) is 23.3 Å². The molecule has 1 saturated heterocycles. The summed E-state index contributed by atoms with van der Waals surface area (Å²) in [4.78, 5) is 18.2. The first-order valence-corrected chi connectivity index (χ1v) is 5.05. The molecule has 2 heterocycles. The minimum atomic E-state index is -1.12. The number of nitrogens with zero attached hydrogens (tertiary/aromatic N) is 2. The highest BCUT2D eigenvalue weighted by atomic mass is 16.5. The van der Waals surface area contributed by atoms with Crippen molar-refractivity contribution in [2.45, 2.75) is 18.9 Å². The molecule has 1 atom stereocenters. The fraction of sp³-hybridized carbons (Fsp3) is 0.500. The van der Waals surface area contributed by atoms with Crippen LogP contribution in [0.15, 0.2) is 12.4 Å². The zero-order valence-corrected chi connectivity index (χ0v) is 8.63. The number of hydrogen-bond donors (Lipinski definition) is 1. The van der Waals surface area contributed by atoms with Gasteiger partial charge >= 0.3 is 5.97 Å². The molecular weight excluding hydrogens is 212 g/mol. The second-order valence-corrected chi connectivity index (χ2v) is 3.49. The van der Waals surface area contributed by atoms with Crippen molar-refractivity contribution >= 4 is 5.97 Å². The second-order valence-electron chi connectivity index (χ2n) is 3.49. The molecule has 1 fully saturated rings. The monoisotopic (exact) mass is 224 g/mol. The zero-order chi connectivity index (χ0) is 11.4. The van der Waals surface area contributed by atoms with Crippen molar-refractivity contribution < 1.29 is 19.4 Å². The summed E-state index contributed by atoms with van der Waals surface area (Å²) >= 11 is 0. The molecule has 1 aromatic rings. The molecule has 1 unspecified atom stereocenters. The standard InChI is InChI=1S/C10H12N2O4/c13-10(14)8-4-11-5-9(12-8)16-6-7-2-1-3-15-7/h4-5,7H,1-3,6H2,(H,13,14). The molecule has 0 spiro atoms. The lowest BCUT2D eigenvalue weighted by Crippen LogP contribution is -2.17.